The van der Waals surface area contributed by atoms with Crippen LogP contribution in [0.1, 0.15) is 43.2 Å². The summed E-state index contributed by atoms with van der Waals surface area (Å²) in [5.41, 5.74) is 0.912. The second-order valence-electron chi connectivity index (χ2n) is 6.09. The van der Waals surface area contributed by atoms with Crippen LogP contribution in [0.3, 0.4) is 0 Å². The predicted octanol–water partition coefficient (Wildman–Crippen LogP) is 4.38. The van der Waals surface area contributed by atoms with E-state index in [1.165, 1.54) is 19.3 Å². The molecule has 23 heavy (non-hydrogen) atoms. The summed E-state index contributed by atoms with van der Waals surface area (Å²) >= 11 is 0. The second kappa shape index (κ2) is 6.46. The minimum Gasteiger partial charge on any atom is -0.468 e. The highest BCUT2D eigenvalue weighted by molar-refractivity contribution is 5.51. The van der Waals surface area contributed by atoms with E-state index in [1.807, 2.05) is 18.2 Å². The summed E-state index contributed by atoms with van der Waals surface area (Å²) in [6.45, 7) is 1.88. The highest BCUT2D eigenvalue weighted by atomic mass is 16.3. The van der Waals surface area contributed by atoms with Gasteiger partial charge in [-0.15, -0.1) is 0 Å². The van der Waals surface area contributed by atoms with Crippen molar-refractivity contribution in [3.8, 4) is 11.5 Å². The Bertz CT molecular complexity index is 715. The average Bonchev–Trinajstić information content (AvgIpc) is 3.29. The zero-order valence-corrected chi connectivity index (χ0v) is 13.1. The highest BCUT2D eigenvalue weighted by Crippen LogP contribution is 2.32. The highest BCUT2D eigenvalue weighted by Gasteiger charge is 2.25. The van der Waals surface area contributed by atoms with Gasteiger partial charge in [-0.3, -0.25) is 10.00 Å². The van der Waals surface area contributed by atoms with Gasteiger partial charge < -0.3 is 8.83 Å². The van der Waals surface area contributed by atoms with E-state index in [9.17, 15) is 0 Å². The average molecular weight is 311 g/mol. The Labute approximate surface area is 135 Å². The Kier molecular flexibility index (Phi) is 4.03. The number of likely N-dealkylation sites (tertiary alicyclic amines) is 1. The molecule has 0 radical (unpaired) electrons. The van der Waals surface area contributed by atoms with Gasteiger partial charge >= 0.3 is 0 Å². The molecule has 0 bridgehead atoms. The molecule has 0 saturated carbocycles. The molecule has 1 aliphatic rings. The summed E-state index contributed by atoms with van der Waals surface area (Å²) in [5.74, 6) is 2.88. The van der Waals surface area contributed by atoms with Crippen molar-refractivity contribution in [2.24, 2.45) is 0 Å². The van der Waals surface area contributed by atoms with Gasteiger partial charge in [-0.25, -0.2) is 0 Å². The topological polar surface area (TPSA) is 58.2 Å². The zero-order chi connectivity index (χ0) is 15.5. The molecule has 5 nitrogen and oxygen atoms in total. The number of aromatic amines is 1. The molecule has 5 heteroatoms. The molecule has 1 fully saturated rings. The minimum absolute atomic E-state index is 0.341. The molecule has 0 spiro atoms. The molecular weight excluding hydrogens is 290 g/mol. The molecule has 3 aromatic heterocycles. The predicted molar refractivity (Wildman–Crippen MR) is 86.6 cm³/mol. The number of nitrogens with one attached hydrogen (secondary N) is 1. The third-order valence-corrected chi connectivity index (χ3v) is 4.52. The molecule has 120 valence electrons. The standard InChI is InChI=1S/C18H21N3O2/c1-2-5-16(18-6-4-12-22-18)21(11-3-1)13-14-7-8-17(23-14)15-9-10-19-20-15/h4,6-10,12,16H,1-3,5,11,13H2,(H,19,20)/t16-/m0/s1. The van der Waals surface area contributed by atoms with E-state index in [2.05, 4.69) is 27.2 Å². The largest absolute Gasteiger partial charge is 0.468 e. The van der Waals surface area contributed by atoms with Crippen LogP contribution in [-0.2, 0) is 6.54 Å². The number of nitrogens with zero attached hydrogens (tertiary/aromatic N) is 2. The first-order valence-corrected chi connectivity index (χ1v) is 8.26. The summed E-state index contributed by atoms with van der Waals surface area (Å²) in [6.07, 6.45) is 8.40. The van der Waals surface area contributed by atoms with Crippen molar-refractivity contribution < 1.29 is 8.83 Å². The first-order chi connectivity index (χ1) is 11.4. The molecule has 1 N–H and O–H groups in total. The number of hydrogen-bond acceptors (Lipinski definition) is 4. The van der Waals surface area contributed by atoms with Gasteiger partial charge in [0.1, 0.15) is 17.2 Å². The molecule has 1 aliphatic heterocycles. The fourth-order valence-corrected chi connectivity index (χ4v) is 3.36. The van der Waals surface area contributed by atoms with Crippen LogP contribution in [0.25, 0.3) is 11.5 Å². The molecule has 3 aromatic rings. The minimum atomic E-state index is 0.341. The maximum Gasteiger partial charge on any atom is 0.152 e. The van der Waals surface area contributed by atoms with Gasteiger partial charge in [0.25, 0.3) is 0 Å². The van der Waals surface area contributed by atoms with Crippen LogP contribution in [0.4, 0.5) is 0 Å². The van der Waals surface area contributed by atoms with E-state index < -0.39 is 0 Å². The Morgan fingerprint density at radius 2 is 2.17 bits per heavy atom. The summed E-state index contributed by atoms with van der Waals surface area (Å²) in [6, 6.07) is 10.4. The van der Waals surface area contributed by atoms with Gasteiger partial charge in [0.05, 0.1) is 18.8 Å². The van der Waals surface area contributed by atoms with Crippen molar-refractivity contribution >= 4 is 0 Å². The molecule has 4 rings (SSSR count). The number of rotatable bonds is 4. The van der Waals surface area contributed by atoms with Crippen molar-refractivity contribution in [1.82, 2.24) is 15.1 Å². The molecule has 1 saturated heterocycles. The first kappa shape index (κ1) is 14.3. The number of aromatic nitrogens is 2. The van der Waals surface area contributed by atoms with Crippen molar-refractivity contribution in [2.75, 3.05) is 6.54 Å². The van der Waals surface area contributed by atoms with Crippen molar-refractivity contribution in [3.05, 3.63) is 54.3 Å². The van der Waals surface area contributed by atoms with Gasteiger partial charge in [0, 0.05) is 6.20 Å². The lowest BCUT2D eigenvalue weighted by Crippen LogP contribution is -2.27. The summed E-state index contributed by atoms with van der Waals surface area (Å²) < 4.78 is 11.7. The third kappa shape index (κ3) is 3.10. The van der Waals surface area contributed by atoms with Crippen molar-refractivity contribution in [2.45, 2.75) is 38.3 Å². The number of hydrogen-bond donors (Lipinski definition) is 1. The SMILES string of the molecule is c1coc([C@@H]2CCCCCN2Cc2ccc(-c3ccn[nH]3)o2)c1. The first-order valence-electron chi connectivity index (χ1n) is 8.26. The lowest BCUT2D eigenvalue weighted by atomic mass is 10.1. The van der Waals surface area contributed by atoms with Gasteiger partial charge in [0.2, 0.25) is 0 Å². The van der Waals surface area contributed by atoms with Gasteiger partial charge in [-0.05, 0) is 49.7 Å². The van der Waals surface area contributed by atoms with E-state index in [0.717, 1.165) is 42.5 Å². The monoisotopic (exact) mass is 311 g/mol. The fourth-order valence-electron chi connectivity index (χ4n) is 3.36. The maximum atomic E-state index is 5.99. The molecule has 0 unspecified atom stereocenters. The normalized spacial score (nSPS) is 19.7. The lowest BCUT2D eigenvalue weighted by Gasteiger charge is -2.27. The van der Waals surface area contributed by atoms with Gasteiger partial charge in [-0.2, -0.15) is 5.10 Å². The van der Waals surface area contributed by atoms with Crippen molar-refractivity contribution in [1.29, 1.82) is 0 Å². The van der Waals surface area contributed by atoms with E-state index in [0.29, 0.717) is 6.04 Å². The van der Waals surface area contributed by atoms with Gasteiger partial charge in [0.15, 0.2) is 5.76 Å². The number of furan rings is 2. The molecule has 0 amide bonds. The molecule has 0 aromatic carbocycles. The summed E-state index contributed by atoms with van der Waals surface area (Å²) in [7, 11) is 0. The van der Waals surface area contributed by atoms with Crippen LogP contribution in [0.15, 0.2) is 51.6 Å². The van der Waals surface area contributed by atoms with E-state index in [4.69, 9.17) is 8.83 Å². The van der Waals surface area contributed by atoms with Crippen LogP contribution in [0.5, 0.6) is 0 Å². The molecule has 4 heterocycles. The van der Waals surface area contributed by atoms with Crippen LogP contribution in [0, 0.1) is 0 Å². The molecule has 0 aliphatic carbocycles. The quantitative estimate of drug-likeness (QED) is 0.777. The Morgan fingerprint density at radius 1 is 1.17 bits per heavy atom. The van der Waals surface area contributed by atoms with E-state index >= 15 is 0 Å². The summed E-state index contributed by atoms with van der Waals surface area (Å²) in [5, 5.41) is 6.91. The van der Waals surface area contributed by atoms with Crippen LogP contribution in [0.2, 0.25) is 0 Å². The van der Waals surface area contributed by atoms with Crippen LogP contribution >= 0.6 is 0 Å². The third-order valence-electron chi connectivity index (χ3n) is 4.52. The Hall–Kier alpha value is -2.27. The molecule has 1 atom stereocenters. The number of H-pyrrole nitrogens is 1. The smallest absolute Gasteiger partial charge is 0.152 e. The van der Waals surface area contributed by atoms with Crippen LogP contribution < -0.4 is 0 Å². The summed E-state index contributed by atoms with van der Waals surface area (Å²) in [4.78, 5) is 2.47. The maximum absolute atomic E-state index is 5.99. The van der Waals surface area contributed by atoms with E-state index in [1.54, 1.807) is 12.5 Å². The lowest BCUT2D eigenvalue weighted by molar-refractivity contribution is 0.158. The molecular formula is C18H21N3O2. The second-order valence-corrected chi connectivity index (χ2v) is 6.09. The van der Waals surface area contributed by atoms with Crippen molar-refractivity contribution in [3.63, 3.8) is 0 Å². The van der Waals surface area contributed by atoms with Gasteiger partial charge in [-0.1, -0.05) is 12.8 Å². The Balaban J connectivity index is 1.53. The zero-order valence-electron chi connectivity index (χ0n) is 13.1. The fraction of sp³-hybridized carbons (Fsp3) is 0.389. The van der Waals surface area contributed by atoms with E-state index in [-0.39, 0.29) is 0 Å². The Morgan fingerprint density at radius 3 is 3.00 bits per heavy atom. The van der Waals surface area contributed by atoms with Crippen LogP contribution in [-0.4, -0.2) is 21.6 Å².